The first kappa shape index (κ1) is 7.33. The fraction of sp³-hybridized carbons (Fsp3) is 1.00. The van der Waals surface area contributed by atoms with Crippen molar-refractivity contribution in [2.24, 2.45) is 10.8 Å². The normalized spacial score (nSPS) is 34.3. The minimum absolute atomic E-state index is 0.603. The predicted molar refractivity (Wildman–Crippen MR) is 45.9 cm³/mol. The van der Waals surface area contributed by atoms with Crippen molar-refractivity contribution in [2.75, 3.05) is 0 Å². The van der Waals surface area contributed by atoms with E-state index in [1.807, 2.05) is 0 Å². The molecular formula is C8H18Si. The molecule has 0 spiro atoms. The third-order valence-corrected chi connectivity index (χ3v) is 7.12. The molecule has 0 heterocycles. The number of rotatable bonds is 0. The summed E-state index contributed by atoms with van der Waals surface area (Å²) in [4.78, 5) is 0. The van der Waals surface area contributed by atoms with E-state index in [4.69, 9.17) is 0 Å². The van der Waals surface area contributed by atoms with Gasteiger partial charge in [-0.3, -0.25) is 0 Å². The van der Waals surface area contributed by atoms with E-state index < -0.39 is 0 Å². The second-order valence-electron chi connectivity index (χ2n) is 4.88. The lowest BCUT2D eigenvalue weighted by Crippen LogP contribution is -1.95. The minimum atomic E-state index is 0.603. The lowest BCUT2D eigenvalue weighted by molar-refractivity contribution is 0.457. The summed E-state index contributed by atoms with van der Waals surface area (Å²) in [7, 11) is 1.34. The Hall–Kier alpha value is 0.217. The maximum atomic E-state index is 2.42. The first-order valence-electron chi connectivity index (χ1n) is 3.75. The molecule has 0 unspecified atom stereocenters. The summed E-state index contributed by atoms with van der Waals surface area (Å²) >= 11 is 0. The first-order chi connectivity index (χ1) is 3.75. The van der Waals surface area contributed by atoms with Crippen LogP contribution in [0.1, 0.15) is 34.6 Å². The van der Waals surface area contributed by atoms with Crippen molar-refractivity contribution >= 4 is 10.2 Å². The fourth-order valence-electron chi connectivity index (χ4n) is 1.88. The van der Waals surface area contributed by atoms with E-state index in [1.165, 1.54) is 10.2 Å². The van der Waals surface area contributed by atoms with Crippen LogP contribution in [0.15, 0.2) is 0 Å². The maximum Gasteiger partial charge on any atom is 0.0117 e. The molecule has 1 saturated carbocycles. The molecule has 1 fully saturated rings. The molecule has 1 heteroatoms. The SMILES string of the molecule is CC1(C)C(C)(C)C1(C)[SiH3]. The summed E-state index contributed by atoms with van der Waals surface area (Å²) in [6.45, 7) is 12.0. The Morgan fingerprint density at radius 2 is 0.889 bits per heavy atom. The zero-order chi connectivity index (χ0) is 7.50. The molecule has 0 aromatic heterocycles. The van der Waals surface area contributed by atoms with Gasteiger partial charge in [0.2, 0.25) is 0 Å². The summed E-state index contributed by atoms with van der Waals surface area (Å²) in [5.74, 6) is 0. The Bertz CT molecular complexity index is 102. The third-order valence-electron chi connectivity index (χ3n) is 4.62. The zero-order valence-electron chi connectivity index (χ0n) is 7.50. The molecular weight excluding hydrogens is 124 g/mol. The van der Waals surface area contributed by atoms with Gasteiger partial charge in [0.15, 0.2) is 0 Å². The van der Waals surface area contributed by atoms with Crippen molar-refractivity contribution in [3.05, 3.63) is 0 Å². The Labute approximate surface area is 61.5 Å². The molecule has 9 heavy (non-hydrogen) atoms. The van der Waals surface area contributed by atoms with Crippen LogP contribution in [0.3, 0.4) is 0 Å². The first-order valence-corrected chi connectivity index (χ1v) is 4.75. The van der Waals surface area contributed by atoms with Crippen molar-refractivity contribution in [3.8, 4) is 0 Å². The predicted octanol–water partition coefficient (Wildman–Crippen LogP) is 1.60. The van der Waals surface area contributed by atoms with Crippen LogP contribution >= 0.6 is 0 Å². The van der Waals surface area contributed by atoms with Gasteiger partial charge in [-0.15, -0.1) is 0 Å². The fourth-order valence-corrected chi connectivity index (χ4v) is 3.00. The van der Waals surface area contributed by atoms with E-state index in [1.54, 1.807) is 0 Å². The molecule has 0 N–H and O–H groups in total. The van der Waals surface area contributed by atoms with Crippen molar-refractivity contribution in [1.29, 1.82) is 0 Å². The van der Waals surface area contributed by atoms with Gasteiger partial charge < -0.3 is 0 Å². The molecule has 54 valence electrons. The van der Waals surface area contributed by atoms with Crippen molar-refractivity contribution in [3.63, 3.8) is 0 Å². The minimum Gasteiger partial charge on any atom is -0.0619 e. The molecule has 0 aromatic rings. The van der Waals surface area contributed by atoms with Crippen molar-refractivity contribution in [1.82, 2.24) is 0 Å². The third kappa shape index (κ3) is 0.499. The lowest BCUT2D eigenvalue weighted by Gasteiger charge is -2.04. The van der Waals surface area contributed by atoms with Gasteiger partial charge in [0.05, 0.1) is 0 Å². The Morgan fingerprint density at radius 1 is 0.778 bits per heavy atom. The average molecular weight is 142 g/mol. The smallest absolute Gasteiger partial charge is 0.0117 e. The number of hydrogen-bond acceptors (Lipinski definition) is 0. The van der Waals surface area contributed by atoms with E-state index in [2.05, 4.69) is 34.6 Å². The van der Waals surface area contributed by atoms with Crippen LogP contribution in [-0.2, 0) is 0 Å². The van der Waals surface area contributed by atoms with Crippen LogP contribution in [-0.4, -0.2) is 10.2 Å². The Balaban J connectivity index is 2.91. The molecule has 0 atom stereocenters. The molecule has 0 radical (unpaired) electrons. The molecule has 1 aliphatic rings. The molecule has 1 aliphatic carbocycles. The summed E-state index contributed by atoms with van der Waals surface area (Å²) < 4.78 is 0. The number of hydrogen-bond donors (Lipinski definition) is 0. The van der Waals surface area contributed by atoms with Gasteiger partial charge in [0.1, 0.15) is 0 Å². The molecule has 0 aliphatic heterocycles. The molecule has 0 nitrogen and oxygen atoms in total. The topological polar surface area (TPSA) is 0 Å². The second kappa shape index (κ2) is 1.29. The molecule has 0 bridgehead atoms. The quantitative estimate of drug-likeness (QED) is 0.451. The van der Waals surface area contributed by atoms with Gasteiger partial charge in [-0.05, 0) is 15.9 Å². The summed E-state index contributed by atoms with van der Waals surface area (Å²) in [5, 5.41) is 0.681. The highest BCUT2D eigenvalue weighted by atomic mass is 28.1. The highest BCUT2D eigenvalue weighted by Gasteiger charge is 2.70. The van der Waals surface area contributed by atoms with Crippen LogP contribution in [0.25, 0.3) is 0 Å². The average Bonchev–Trinajstić information content (AvgIpc) is 1.84. The van der Waals surface area contributed by atoms with E-state index in [9.17, 15) is 0 Å². The maximum absolute atomic E-state index is 2.42. The summed E-state index contributed by atoms with van der Waals surface area (Å²) in [6.07, 6.45) is 0. The van der Waals surface area contributed by atoms with Crippen LogP contribution in [0.2, 0.25) is 5.04 Å². The van der Waals surface area contributed by atoms with Gasteiger partial charge >= 0.3 is 0 Å². The van der Waals surface area contributed by atoms with Crippen molar-refractivity contribution < 1.29 is 0 Å². The second-order valence-corrected chi connectivity index (χ2v) is 6.88. The molecule has 1 rings (SSSR count). The summed E-state index contributed by atoms with van der Waals surface area (Å²) in [5.41, 5.74) is 1.21. The largest absolute Gasteiger partial charge is 0.0619 e. The molecule has 0 saturated heterocycles. The molecule has 0 amide bonds. The van der Waals surface area contributed by atoms with Crippen LogP contribution in [0.5, 0.6) is 0 Å². The summed E-state index contributed by atoms with van der Waals surface area (Å²) in [6, 6.07) is 0. The highest BCUT2D eigenvalue weighted by Crippen LogP contribution is 2.81. The standard InChI is InChI=1S/C8H18Si/c1-6(2)7(3,4)8(6,5)9/h1-5,9H3. The van der Waals surface area contributed by atoms with E-state index >= 15 is 0 Å². The highest BCUT2D eigenvalue weighted by molar-refractivity contribution is 6.19. The van der Waals surface area contributed by atoms with E-state index in [0.717, 1.165) is 0 Å². The van der Waals surface area contributed by atoms with Crippen molar-refractivity contribution in [2.45, 2.75) is 39.7 Å². The van der Waals surface area contributed by atoms with Gasteiger partial charge in [-0.25, -0.2) is 0 Å². The van der Waals surface area contributed by atoms with Gasteiger partial charge in [-0.2, -0.15) is 0 Å². The van der Waals surface area contributed by atoms with Crippen LogP contribution in [0, 0.1) is 10.8 Å². The van der Waals surface area contributed by atoms with Gasteiger partial charge in [0, 0.05) is 10.2 Å². The zero-order valence-corrected chi connectivity index (χ0v) is 9.50. The van der Waals surface area contributed by atoms with Gasteiger partial charge in [0.25, 0.3) is 0 Å². The Kier molecular flexibility index (Phi) is 1.05. The van der Waals surface area contributed by atoms with Crippen LogP contribution < -0.4 is 0 Å². The lowest BCUT2D eigenvalue weighted by atomic mass is 10.0. The Morgan fingerprint density at radius 3 is 0.889 bits per heavy atom. The van der Waals surface area contributed by atoms with E-state index in [0.29, 0.717) is 15.9 Å². The monoisotopic (exact) mass is 142 g/mol. The van der Waals surface area contributed by atoms with Crippen LogP contribution in [0.4, 0.5) is 0 Å². The van der Waals surface area contributed by atoms with Gasteiger partial charge in [-0.1, -0.05) is 34.6 Å². The van der Waals surface area contributed by atoms with E-state index in [-0.39, 0.29) is 0 Å². The molecule has 0 aromatic carbocycles.